The summed E-state index contributed by atoms with van der Waals surface area (Å²) in [5.41, 5.74) is 4.77. The van der Waals surface area contributed by atoms with E-state index in [2.05, 4.69) is 29.7 Å². The minimum Gasteiger partial charge on any atom is -0.493 e. The van der Waals surface area contributed by atoms with Gasteiger partial charge >= 0.3 is 0 Å². The highest BCUT2D eigenvalue weighted by Gasteiger charge is 2.19. The maximum Gasteiger partial charge on any atom is 0.251 e. The van der Waals surface area contributed by atoms with Gasteiger partial charge in [0.25, 0.3) is 5.91 Å². The number of nitrogens with one attached hydrogen (secondary N) is 2. The normalized spacial score (nSPS) is 11.8. The Labute approximate surface area is 194 Å². The molecule has 3 rings (SSSR count). The molecule has 6 nitrogen and oxygen atoms in total. The maximum atomic E-state index is 12.6. The Balaban J connectivity index is 1.58. The van der Waals surface area contributed by atoms with E-state index in [0.717, 1.165) is 16.9 Å². The third-order valence-corrected chi connectivity index (χ3v) is 4.80. The molecule has 0 heterocycles. The third kappa shape index (κ3) is 7.92. The van der Waals surface area contributed by atoms with E-state index in [9.17, 15) is 9.59 Å². The molecule has 0 unspecified atom stereocenters. The number of nitrogens with zero attached hydrogens (tertiary/aromatic N) is 1. The van der Waals surface area contributed by atoms with Crippen molar-refractivity contribution in [3.05, 3.63) is 102 Å². The summed E-state index contributed by atoms with van der Waals surface area (Å²) in [4.78, 5) is 25.2. The van der Waals surface area contributed by atoms with Crippen molar-refractivity contribution in [2.75, 3.05) is 6.61 Å². The molecule has 0 saturated carbocycles. The lowest BCUT2D eigenvalue weighted by Gasteiger charge is -2.18. The van der Waals surface area contributed by atoms with Crippen LogP contribution in [-0.2, 0) is 4.79 Å². The molecule has 0 spiro atoms. The molecule has 0 aliphatic rings. The molecule has 0 aliphatic carbocycles. The first-order valence-corrected chi connectivity index (χ1v) is 11.0. The second-order valence-corrected chi connectivity index (χ2v) is 8.07. The molecule has 3 aromatic carbocycles. The number of rotatable bonds is 10. The van der Waals surface area contributed by atoms with E-state index in [1.54, 1.807) is 30.5 Å². The molecule has 0 radical (unpaired) electrons. The summed E-state index contributed by atoms with van der Waals surface area (Å²) >= 11 is 0. The highest BCUT2D eigenvalue weighted by Crippen LogP contribution is 2.17. The van der Waals surface area contributed by atoms with Gasteiger partial charge < -0.3 is 10.1 Å². The minimum atomic E-state index is -0.480. The van der Waals surface area contributed by atoms with E-state index >= 15 is 0 Å². The van der Waals surface area contributed by atoms with Crippen LogP contribution < -0.4 is 15.5 Å². The lowest BCUT2D eigenvalue weighted by molar-refractivity contribution is -0.121. The zero-order chi connectivity index (χ0) is 23.5. The fourth-order valence-electron chi connectivity index (χ4n) is 3.09. The number of amides is 2. The Morgan fingerprint density at radius 1 is 0.909 bits per heavy atom. The van der Waals surface area contributed by atoms with Crippen LogP contribution in [0.4, 0.5) is 0 Å². The molecular formula is C27H29N3O3. The number of hydrogen-bond donors (Lipinski definition) is 2. The molecule has 2 N–H and O–H groups in total. The van der Waals surface area contributed by atoms with Gasteiger partial charge in [-0.3, -0.25) is 9.59 Å². The Kier molecular flexibility index (Phi) is 8.77. The van der Waals surface area contributed by atoms with Crippen LogP contribution in [-0.4, -0.2) is 24.6 Å². The van der Waals surface area contributed by atoms with Crippen molar-refractivity contribution in [3.8, 4) is 5.75 Å². The maximum absolute atomic E-state index is 12.6. The first kappa shape index (κ1) is 23.7. The van der Waals surface area contributed by atoms with Crippen molar-refractivity contribution in [2.24, 2.45) is 11.0 Å². The van der Waals surface area contributed by atoms with Gasteiger partial charge in [-0.2, -0.15) is 5.10 Å². The molecule has 0 bridgehead atoms. The Morgan fingerprint density at radius 3 is 2.18 bits per heavy atom. The van der Waals surface area contributed by atoms with Crippen molar-refractivity contribution in [1.82, 2.24) is 10.7 Å². The monoisotopic (exact) mass is 443 g/mol. The van der Waals surface area contributed by atoms with Crippen molar-refractivity contribution >= 4 is 18.0 Å². The van der Waals surface area contributed by atoms with E-state index < -0.39 is 6.04 Å². The Hall–Kier alpha value is -3.93. The molecule has 0 aromatic heterocycles. The van der Waals surface area contributed by atoms with Crippen molar-refractivity contribution < 1.29 is 14.3 Å². The van der Waals surface area contributed by atoms with E-state index in [4.69, 9.17) is 4.74 Å². The number of carbonyl (C=O) groups is 2. The van der Waals surface area contributed by atoms with Crippen LogP contribution >= 0.6 is 0 Å². The molecule has 6 heteroatoms. The lowest BCUT2D eigenvalue weighted by Crippen LogP contribution is -2.32. The zero-order valence-corrected chi connectivity index (χ0v) is 18.9. The van der Waals surface area contributed by atoms with Crippen LogP contribution in [0.1, 0.15) is 47.8 Å². The Bertz CT molecular complexity index is 1050. The van der Waals surface area contributed by atoms with Gasteiger partial charge in [-0.15, -0.1) is 0 Å². The Morgan fingerprint density at radius 2 is 1.55 bits per heavy atom. The largest absolute Gasteiger partial charge is 0.493 e. The molecule has 0 aliphatic heterocycles. The molecule has 0 fully saturated rings. The predicted molar refractivity (Wildman–Crippen MR) is 130 cm³/mol. The predicted octanol–water partition coefficient (Wildman–Crippen LogP) is 4.73. The van der Waals surface area contributed by atoms with Crippen LogP contribution in [0.3, 0.4) is 0 Å². The standard InChI is InChI=1S/C27H29N3O3/c1-20(2)19-33-24-15-13-21(14-16-24)18-28-30-26(31)17-25(22-9-5-3-6-10-22)29-27(32)23-11-7-4-8-12-23/h3-16,18,20,25H,17,19H2,1-2H3,(H,29,32)(H,30,31)/b28-18-/t25-/m1/s1. The molecule has 2 amide bonds. The lowest BCUT2D eigenvalue weighted by atomic mass is 10.0. The molecule has 0 saturated heterocycles. The quantitative estimate of drug-likeness (QED) is 0.351. The number of ether oxygens (including phenoxy) is 1. The van der Waals surface area contributed by atoms with Crippen LogP contribution in [0.2, 0.25) is 0 Å². The average molecular weight is 444 g/mol. The SMILES string of the molecule is CC(C)COc1ccc(/C=N\NC(=O)C[C@@H](NC(=O)c2ccccc2)c2ccccc2)cc1. The second kappa shape index (κ2) is 12.2. The van der Waals surface area contributed by atoms with Crippen LogP contribution in [0, 0.1) is 5.92 Å². The zero-order valence-electron chi connectivity index (χ0n) is 18.9. The number of hydrogen-bond acceptors (Lipinski definition) is 4. The average Bonchev–Trinajstić information content (AvgIpc) is 2.84. The van der Waals surface area contributed by atoms with Gasteiger partial charge in [0.05, 0.1) is 25.3 Å². The second-order valence-electron chi connectivity index (χ2n) is 8.07. The molecule has 1 atom stereocenters. The van der Waals surface area contributed by atoms with Gasteiger partial charge in [-0.1, -0.05) is 62.4 Å². The first-order valence-electron chi connectivity index (χ1n) is 11.0. The van der Waals surface area contributed by atoms with Crippen molar-refractivity contribution in [2.45, 2.75) is 26.3 Å². The van der Waals surface area contributed by atoms with E-state index in [1.165, 1.54) is 0 Å². The highest BCUT2D eigenvalue weighted by molar-refractivity contribution is 5.94. The van der Waals surface area contributed by atoms with E-state index in [1.807, 2.05) is 60.7 Å². The summed E-state index contributed by atoms with van der Waals surface area (Å²) in [5, 5.41) is 7.00. The van der Waals surface area contributed by atoms with Gasteiger partial charge in [-0.05, 0) is 53.4 Å². The van der Waals surface area contributed by atoms with Crippen LogP contribution in [0.25, 0.3) is 0 Å². The summed E-state index contributed by atoms with van der Waals surface area (Å²) in [6, 6.07) is 25.4. The van der Waals surface area contributed by atoms with E-state index in [-0.39, 0.29) is 18.2 Å². The van der Waals surface area contributed by atoms with Crippen LogP contribution in [0.5, 0.6) is 5.75 Å². The van der Waals surface area contributed by atoms with Gasteiger partial charge in [0.1, 0.15) is 5.75 Å². The van der Waals surface area contributed by atoms with Gasteiger partial charge in [0.15, 0.2) is 0 Å². The number of hydrazone groups is 1. The summed E-state index contributed by atoms with van der Waals surface area (Å²) in [5.74, 6) is 0.717. The van der Waals surface area contributed by atoms with Gasteiger partial charge in [0.2, 0.25) is 5.91 Å². The number of carbonyl (C=O) groups excluding carboxylic acids is 2. The summed E-state index contributed by atoms with van der Waals surface area (Å²) in [6.07, 6.45) is 1.63. The molecule has 170 valence electrons. The van der Waals surface area contributed by atoms with Gasteiger partial charge in [-0.25, -0.2) is 5.43 Å². The summed E-state index contributed by atoms with van der Waals surface area (Å²) in [6.45, 7) is 4.85. The van der Waals surface area contributed by atoms with Crippen molar-refractivity contribution in [3.63, 3.8) is 0 Å². The number of benzene rings is 3. The molecule has 3 aromatic rings. The van der Waals surface area contributed by atoms with E-state index in [0.29, 0.717) is 18.1 Å². The molecule has 33 heavy (non-hydrogen) atoms. The molecular weight excluding hydrogens is 414 g/mol. The highest BCUT2D eigenvalue weighted by atomic mass is 16.5. The minimum absolute atomic E-state index is 0.0574. The van der Waals surface area contributed by atoms with Gasteiger partial charge in [0, 0.05) is 5.56 Å². The summed E-state index contributed by atoms with van der Waals surface area (Å²) < 4.78 is 5.67. The topological polar surface area (TPSA) is 79.8 Å². The van der Waals surface area contributed by atoms with Crippen molar-refractivity contribution in [1.29, 1.82) is 0 Å². The fourth-order valence-corrected chi connectivity index (χ4v) is 3.09. The van der Waals surface area contributed by atoms with Crippen LogP contribution in [0.15, 0.2) is 90.0 Å². The smallest absolute Gasteiger partial charge is 0.251 e. The summed E-state index contributed by atoms with van der Waals surface area (Å²) in [7, 11) is 0. The first-order chi connectivity index (χ1) is 16.0. The third-order valence-electron chi connectivity index (χ3n) is 4.80. The fraction of sp³-hybridized carbons (Fsp3) is 0.222.